The number of aryl methyl sites for hydroxylation is 4. The molecule has 0 aliphatic carbocycles. The number of amides is 2. The van der Waals surface area contributed by atoms with E-state index >= 15 is 0 Å². The smallest absolute Gasteiger partial charge is 0.282 e. The number of carbonyl (C=O) groups is 2. The van der Waals surface area contributed by atoms with Crippen LogP contribution in [0.4, 0.5) is 11.4 Å². The summed E-state index contributed by atoms with van der Waals surface area (Å²) in [6.45, 7) is 7.96. The molecule has 1 aliphatic rings. The lowest BCUT2D eigenvalue weighted by Crippen LogP contribution is -2.32. The summed E-state index contributed by atoms with van der Waals surface area (Å²) in [6, 6.07) is 18.8. The van der Waals surface area contributed by atoms with E-state index in [0.717, 1.165) is 33.5 Å². The highest BCUT2D eigenvalue weighted by atomic mass is 16.5. The maximum Gasteiger partial charge on any atom is 0.282 e. The second-order valence-electron chi connectivity index (χ2n) is 8.22. The second kappa shape index (κ2) is 8.35. The van der Waals surface area contributed by atoms with Gasteiger partial charge in [0, 0.05) is 11.8 Å². The Morgan fingerprint density at radius 3 is 2.16 bits per heavy atom. The molecule has 1 aliphatic heterocycles. The van der Waals surface area contributed by atoms with Crippen molar-refractivity contribution in [1.82, 2.24) is 0 Å². The van der Waals surface area contributed by atoms with Crippen LogP contribution in [-0.4, -0.2) is 18.9 Å². The molecule has 1 N–H and O–H groups in total. The summed E-state index contributed by atoms with van der Waals surface area (Å²) in [5, 5.41) is 3.26. The van der Waals surface area contributed by atoms with Gasteiger partial charge in [-0.25, -0.2) is 4.90 Å². The van der Waals surface area contributed by atoms with Gasteiger partial charge in [-0.05, 0) is 74.2 Å². The van der Waals surface area contributed by atoms with Crippen LogP contribution in [0.3, 0.4) is 0 Å². The zero-order valence-electron chi connectivity index (χ0n) is 18.9. The fourth-order valence-corrected chi connectivity index (χ4v) is 4.16. The van der Waals surface area contributed by atoms with Gasteiger partial charge in [-0.15, -0.1) is 0 Å². The number of methoxy groups -OCH3 is 1. The van der Waals surface area contributed by atoms with Crippen LogP contribution in [0.15, 0.2) is 66.4 Å². The molecule has 0 saturated carbocycles. The first-order valence-electron chi connectivity index (χ1n) is 10.5. The summed E-state index contributed by atoms with van der Waals surface area (Å²) >= 11 is 0. The molecule has 4 rings (SSSR count). The lowest BCUT2D eigenvalue weighted by atomic mass is 9.97. The molecule has 1 heterocycles. The highest BCUT2D eigenvalue weighted by molar-refractivity contribution is 6.46. The SMILES string of the molecule is COc1cccc(N2C(=O)C(Nc3cc(C)cc(C)c3)=C(c3ccc(C)cc3C)C2=O)c1. The molecule has 0 aromatic heterocycles. The monoisotopic (exact) mass is 426 g/mol. The number of ether oxygens (including phenoxy) is 1. The maximum absolute atomic E-state index is 13.7. The van der Waals surface area contributed by atoms with E-state index in [9.17, 15) is 9.59 Å². The molecule has 0 atom stereocenters. The number of imide groups is 1. The molecule has 0 saturated heterocycles. The highest BCUT2D eigenvalue weighted by Crippen LogP contribution is 2.36. The third-order valence-electron chi connectivity index (χ3n) is 5.54. The Bertz CT molecular complexity index is 1250. The van der Waals surface area contributed by atoms with Gasteiger partial charge in [-0.2, -0.15) is 0 Å². The van der Waals surface area contributed by atoms with Crippen LogP contribution in [0.25, 0.3) is 5.57 Å². The minimum absolute atomic E-state index is 0.273. The summed E-state index contributed by atoms with van der Waals surface area (Å²) in [5.74, 6) is -0.175. The van der Waals surface area contributed by atoms with Crippen LogP contribution in [0.2, 0.25) is 0 Å². The Balaban J connectivity index is 1.87. The summed E-state index contributed by atoms with van der Waals surface area (Å²) in [4.78, 5) is 28.5. The summed E-state index contributed by atoms with van der Waals surface area (Å²) in [6.07, 6.45) is 0. The van der Waals surface area contributed by atoms with Crippen LogP contribution >= 0.6 is 0 Å². The maximum atomic E-state index is 13.7. The standard InChI is InChI=1S/C27H26N2O3/c1-16-9-10-23(19(4)12-16)24-25(28-20-13-17(2)11-18(3)14-20)27(31)29(26(24)30)21-7-6-8-22(15-21)32-5/h6-15,28H,1-5H3. The predicted molar refractivity (Wildman–Crippen MR) is 128 cm³/mol. The van der Waals surface area contributed by atoms with Gasteiger partial charge >= 0.3 is 0 Å². The lowest BCUT2D eigenvalue weighted by Gasteiger charge is -2.16. The number of rotatable bonds is 5. The van der Waals surface area contributed by atoms with Gasteiger partial charge < -0.3 is 10.1 Å². The number of benzene rings is 3. The molecule has 32 heavy (non-hydrogen) atoms. The van der Waals surface area contributed by atoms with E-state index in [-0.39, 0.29) is 11.6 Å². The molecule has 0 unspecified atom stereocenters. The molecule has 3 aromatic rings. The first kappa shape index (κ1) is 21.4. The molecule has 2 amide bonds. The van der Waals surface area contributed by atoms with E-state index in [1.165, 1.54) is 4.90 Å². The summed E-state index contributed by atoms with van der Waals surface area (Å²) in [7, 11) is 1.55. The predicted octanol–water partition coefficient (Wildman–Crippen LogP) is 5.33. The number of anilines is 2. The molecule has 5 nitrogen and oxygen atoms in total. The van der Waals surface area contributed by atoms with E-state index in [1.54, 1.807) is 31.4 Å². The van der Waals surface area contributed by atoms with Crippen molar-refractivity contribution in [3.05, 3.63) is 94.2 Å². The van der Waals surface area contributed by atoms with E-state index in [4.69, 9.17) is 4.74 Å². The van der Waals surface area contributed by atoms with Gasteiger partial charge in [0.05, 0.1) is 18.4 Å². The van der Waals surface area contributed by atoms with Crippen LogP contribution in [0.1, 0.15) is 27.8 Å². The summed E-state index contributed by atoms with van der Waals surface area (Å²) in [5.41, 5.74) is 6.80. The fraction of sp³-hybridized carbons (Fsp3) is 0.185. The van der Waals surface area contributed by atoms with Gasteiger partial charge in [-0.3, -0.25) is 9.59 Å². The van der Waals surface area contributed by atoms with Gasteiger partial charge in [-0.1, -0.05) is 35.9 Å². The topological polar surface area (TPSA) is 58.6 Å². The minimum atomic E-state index is -0.391. The number of nitrogens with one attached hydrogen (secondary N) is 1. The second-order valence-corrected chi connectivity index (χ2v) is 8.22. The third-order valence-corrected chi connectivity index (χ3v) is 5.54. The van der Waals surface area contributed by atoms with Crippen molar-refractivity contribution >= 4 is 28.8 Å². The molecular formula is C27H26N2O3. The van der Waals surface area contributed by atoms with Gasteiger partial charge in [0.15, 0.2) is 0 Å². The average molecular weight is 427 g/mol. The number of hydrogen-bond donors (Lipinski definition) is 1. The Labute approximate surface area is 188 Å². The first-order chi connectivity index (χ1) is 15.3. The summed E-state index contributed by atoms with van der Waals surface area (Å²) < 4.78 is 5.30. The van der Waals surface area contributed by atoms with Gasteiger partial charge in [0.25, 0.3) is 11.8 Å². The van der Waals surface area contributed by atoms with E-state index in [1.807, 2.05) is 58.0 Å². The molecule has 5 heteroatoms. The minimum Gasteiger partial charge on any atom is -0.497 e. The van der Waals surface area contributed by atoms with Crippen molar-refractivity contribution in [3.8, 4) is 5.75 Å². The van der Waals surface area contributed by atoms with Gasteiger partial charge in [0.1, 0.15) is 11.4 Å². The van der Waals surface area contributed by atoms with E-state index in [0.29, 0.717) is 17.0 Å². The zero-order valence-corrected chi connectivity index (χ0v) is 18.9. The molecule has 0 fully saturated rings. The molecule has 3 aromatic carbocycles. The van der Waals surface area contributed by atoms with Crippen LogP contribution in [-0.2, 0) is 9.59 Å². The van der Waals surface area contributed by atoms with E-state index < -0.39 is 5.91 Å². The van der Waals surface area contributed by atoms with Gasteiger partial charge in [0.2, 0.25) is 0 Å². The van der Waals surface area contributed by atoms with Crippen LogP contribution in [0, 0.1) is 27.7 Å². The molecular weight excluding hydrogens is 400 g/mol. The van der Waals surface area contributed by atoms with Crippen molar-refractivity contribution in [3.63, 3.8) is 0 Å². The average Bonchev–Trinajstić information content (AvgIpc) is 2.97. The van der Waals surface area contributed by atoms with Crippen molar-refractivity contribution in [2.45, 2.75) is 27.7 Å². The van der Waals surface area contributed by atoms with Crippen LogP contribution < -0.4 is 15.0 Å². The number of carbonyl (C=O) groups excluding carboxylic acids is 2. The lowest BCUT2D eigenvalue weighted by molar-refractivity contribution is -0.120. The zero-order chi connectivity index (χ0) is 23.0. The Hall–Kier alpha value is -3.86. The first-order valence-corrected chi connectivity index (χ1v) is 10.5. The Morgan fingerprint density at radius 1 is 0.781 bits per heavy atom. The normalized spacial score (nSPS) is 13.7. The molecule has 0 bridgehead atoms. The van der Waals surface area contributed by atoms with Crippen molar-refractivity contribution in [1.29, 1.82) is 0 Å². The Kier molecular flexibility index (Phi) is 5.57. The van der Waals surface area contributed by atoms with E-state index in [2.05, 4.69) is 11.4 Å². The molecule has 0 spiro atoms. The largest absolute Gasteiger partial charge is 0.497 e. The van der Waals surface area contributed by atoms with Crippen molar-refractivity contribution < 1.29 is 14.3 Å². The number of hydrogen-bond acceptors (Lipinski definition) is 4. The number of nitrogens with zero attached hydrogens (tertiary/aromatic N) is 1. The Morgan fingerprint density at radius 2 is 1.50 bits per heavy atom. The third kappa shape index (κ3) is 3.89. The highest BCUT2D eigenvalue weighted by Gasteiger charge is 2.40. The quantitative estimate of drug-likeness (QED) is 0.561. The molecule has 162 valence electrons. The molecule has 0 radical (unpaired) electrons. The fourth-order valence-electron chi connectivity index (χ4n) is 4.16. The van der Waals surface area contributed by atoms with Crippen molar-refractivity contribution in [2.75, 3.05) is 17.3 Å². The van der Waals surface area contributed by atoms with Crippen LogP contribution in [0.5, 0.6) is 5.75 Å². The van der Waals surface area contributed by atoms with Crippen molar-refractivity contribution in [2.24, 2.45) is 0 Å².